The molecule has 5 rings (SSSR count). The van der Waals surface area contributed by atoms with Crippen LogP contribution < -0.4 is 5.32 Å². The predicted octanol–water partition coefficient (Wildman–Crippen LogP) is 5.18. The molecule has 2 aromatic heterocycles. The lowest BCUT2D eigenvalue weighted by Crippen LogP contribution is -2.05. The summed E-state index contributed by atoms with van der Waals surface area (Å²) in [4.78, 5) is 4.78. The Morgan fingerprint density at radius 2 is 1.69 bits per heavy atom. The van der Waals surface area contributed by atoms with Crippen molar-refractivity contribution in [3.8, 4) is 0 Å². The molecule has 0 saturated carbocycles. The number of nitrogens with zero attached hydrogens (tertiary/aromatic N) is 4. The Labute approximate surface area is 193 Å². The van der Waals surface area contributed by atoms with E-state index in [1.54, 1.807) is 12.1 Å². The minimum Gasteiger partial charge on any atom is -0.340 e. The first kappa shape index (κ1) is 20.6. The van der Waals surface area contributed by atoms with Crippen molar-refractivity contribution in [2.24, 2.45) is 0 Å². The third kappa shape index (κ3) is 3.53. The number of hydrogen-bond acceptors (Lipinski definition) is 6. The summed E-state index contributed by atoms with van der Waals surface area (Å²) in [6, 6.07) is 22.0. The number of aryl methyl sites for hydroxylation is 1. The lowest BCUT2D eigenvalue weighted by Gasteiger charge is -2.11. The van der Waals surface area contributed by atoms with Gasteiger partial charge >= 0.3 is 0 Å². The molecule has 2 heterocycles. The molecule has 32 heavy (non-hydrogen) atoms. The van der Waals surface area contributed by atoms with Crippen LogP contribution in [0.25, 0.3) is 16.6 Å². The minimum atomic E-state index is -3.91. The Morgan fingerprint density at radius 1 is 0.969 bits per heavy atom. The zero-order valence-electron chi connectivity index (χ0n) is 17.0. The monoisotopic (exact) mass is 507 g/mol. The van der Waals surface area contributed by atoms with Crippen molar-refractivity contribution in [2.45, 2.75) is 23.3 Å². The molecule has 0 aliphatic rings. The van der Waals surface area contributed by atoms with Gasteiger partial charge in [0.25, 0.3) is 0 Å². The van der Waals surface area contributed by atoms with Crippen LogP contribution in [0.4, 0.5) is 11.5 Å². The van der Waals surface area contributed by atoms with Gasteiger partial charge in [-0.25, -0.2) is 13.4 Å². The normalized spacial score (nSPS) is 11.8. The van der Waals surface area contributed by atoms with Gasteiger partial charge in [-0.3, -0.25) is 0 Å². The molecule has 3 aromatic carbocycles. The lowest BCUT2D eigenvalue weighted by molar-refractivity contribution is 0.592. The number of fused-ring (bicyclic) bond motifs is 3. The Morgan fingerprint density at radius 3 is 2.41 bits per heavy atom. The zero-order valence-corrected chi connectivity index (χ0v) is 19.4. The first-order valence-electron chi connectivity index (χ1n) is 9.98. The van der Waals surface area contributed by atoms with Crippen LogP contribution >= 0.6 is 15.9 Å². The number of nitrogens with one attached hydrogen (secondary N) is 1. The maximum absolute atomic E-state index is 13.3. The smallest absolute Gasteiger partial charge is 0.229 e. The van der Waals surface area contributed by atoms with E-state index in [4.69, 9.17) is 0 Å². The molecular weight excluding hydrogens is 490 g/mol. The first-order chi connectivity index (χ1) is 15.5. The molecule has 0 spiro atoms. The van der Waals surface area contributed by atoms with Crippen LogP contribution in [-0.4, -0.2) is 28.2 Å². The summed E-state index contributed by atoms with van der Waals surface area (Å²) in [6.07, 6.45) is 0.951. The van der Waals surface area contributed by atoms with Gasteiger partial charge in [0.1, 0.15) is 5.82 Å². The molecule has 1 N–H and O–H groups in total. The maximum Gasteiger partial charge on any atom is 0.229 e. The van der Waals surface area contributed by atoms with E-state index < -0.39 is 9.84 Å². The van der Waals surface area contributed by atoms with Gasteiger partial charge in [-0.2, -0.15) is 4.52 Å². The van der Waals surface area contributed by atoms with Gasteiger partial charge < -0.3 is 5.32 Å². The molecular formula is C23H18BrN5O2S. The standard InChI is InChI=1S/C23H18BrN5O2S/c1-2-15-7-11-17(12-8-15)25-21-19-5-3-4-6-20(19)29-22(26-21)23(27-28-29)32(30,31)18-13-9-16(24)10-14-18/h3-14H,2H2,1H3,(H,25,26). The third-order valence-electron chi connectivity index (χ3n) is 5.23. The number of halogens is 1. The average Bonchev–Trinajstić information content (AvgIpc) is 3.25. The fraction of sp³-hybridized carbons (Fsp3) is 0.0870. The molecule has 0 atom stereocenters. The van der Waals surface area contributed by atoms with Gasteiger partial charge in [0.15, 0.2) is 5.65 Å². The molecule has 0 aliphatic heterocycles. The number of sulfone groups is 1. The molecule has 0 saturated heterocycles. The number of para-hydroxylation sites is 1. The summed E-state index contributed by atoms with van der Waals surface area (Å²) < 4.78 is 28.9. The summed E-state index contributed by atoms with van der Waals surface area (Å²) >= 11 is 3.33. The van der Waals surface area contributed by atoms with Gasteiger partial charge in [0.2, 0.25) is 14.9 Å². The highest BCUT2D eigenvalue weighted by molar-refractivity contribution is 9.10. The van der Waals surface area contributed by atoms with Gasteiger partial charge in [-0.1, -0.05) is 52.3 Å². The molecule has 0 fully saturated rings. The molecule has 7 nitrogen and oxygen atoms in total. The average molecular weight is 508 g/mol. The number of anilines is 2. The highest BCUT2D eigenvalue weighted by Crippen LogP contribution is 2.30. The summed E-state index contributed by atoms with van der Waals surface area (Å²) in [7, 11) is -3.91. The van der Waals surface area contributed by atoms with Crippen molar-refractivity contribution < 1.29 is 8.42 Å². The molecule has 0 amide bonds. The molecule has 0 radical (unpaired) electrons. The van der Waals surface area contributed by atoms with Gasteiger partial charge in [0, 0.05) is 15.5 Å². The Kier molecular flexibility index (Phi) is 5.15. The van der Waals surface area contributed by atoms with E-state index >= 15 is 0 Å². The highest BCUT2D eigenvalue weighted by Gasteiger charge is 2.27. The van der Waals surface area contributed by atoms with E-state index in [9.17, 15) is 8.42 Å². The molecule has 0 bridgehead atoms. The van der Waals surface area contributed by atoms with Gasteiger partial charge in [-0.05, 0) is 60.5 Å². The quantitative estimate of drug-likeness (QED) is 0.352. The maximum atomic E-state index is 13.3. The van der Waals surface area contributed by atoms with Crippen LogP contribution in [0.3, 0.4) is 0 Å². The fourth-order valence-corrected chi connectivity index (χ4v) is 5.00. The lowest BCUT2D eigenvalue weighted by atomic mass is 10.1. The van der Waals surface area contributed by atoms with Gasteiger partial charge in [-0.15, -0.1) is 5.10 Å². The van der Waals surface area contributed by atoms with Crippen molar-refractivity contribution in [1.29, 1.82) is 0 Å². The Balaban J connectivity index is 1.69. The first-order valence-corrected chi connectivity index (χ1v) is 12.3. The van der Waals surface area contributed by atoms with Crippen LogP contribution in [0.15, 0.2) is 87.2 Å². The number of benzene rings is 3. The summed E-state index contributed by atoms with van der Waals surface area (Å²) in [6.45, 7) is 2.10. The topological polar surface area (TPSA) is 89.2 Å². The number of hydrogen-bond donors (Lipinski definition) is 1. The van der Waals surface area contributed by atoms with Crippen LogP contribution in [0, 0.1) is 0 Å². The van der Waals surface area contributed by atoms with E-state index in [0.29, 0.717) is 11.3 Å². The van der Waals surface area contributed by atoms with Crippen molar-refractivity contribution >= 4 is 53.8 Å². The van der Waals surface area contributed by atoms with Gasteiger partial charge in [0.05, 0.1) is 10.4 Å². The van der Waals surface area contributed by atoms with E-state index in [-0.39, 0.29) is 15.6 Å². The highest BCUT2D eigenvalue weighted by atomic mass is 79.9. The zero-order chi connectivity index (χ0) is 22.3. The Hall–Kier alpha value is -3.30. The van der Waals surface area contributed by atoms with Crippen LogP contribution in [0.2, 0.25) is 0 Å². The van der Waals surface area contributed by atoms with E-state index in [1.807, 2.05) is 48.5 Å². The second kappa shape index (κ2) is 7.99. The molecule has 0 unspecified atom stereocenters. The van der Waals surface area contributed by atoms with E-state index in [1.165, 1.54) is 22.2 Å². The molecule has 9 heteroatoms. The van der Waals surface area contributed by atoms with Crippen molar-refractivity contribution in [2.75, 3.05) is 5.32 Å². The van der Waals surface area contributed by atoms with E-state index in [2.05, 4.69) is 43.5 Å². The fourth-order valence-electron chi connectivity index (χ4n) is 3.50. The second-order valence-electron chi connectivity index (χ2n) is 7.24. The third-order valence-corrected chi connectivity index (χ3v) is 7.42. The largest absolute Gasteiger partial charge is 0.340 e. The summed E-state index contributed by atoms with van der Waals surface area (Å²) in [5.41, 5.74) is 2.95. The SMILES string of the molecule is CCc1ccc(Nc2nc3c(S(=O)(=O)c4ccc(Br)cc4)nnn3c3ccccc23)cc1. The van der Waals surface area contributed by atoms with Crippen molar-refractivity contribution in [3.05, 3.63) is 82.8 Å². The van der Waals surface area contributed by atoms with Crippen LogP contribution in [0.5, 0.6) is 0 Å². The van der Waals surface area contributed by atoms with Crippen LogP contribution in [-0.2, 0) is 16.3 Å². The molecule has 0 aliphatic carbocycles. The predicted molar refractivity (Wildman–Crippen MR) is 127 cm³/mol. The van der Waals surface area contributed by atoms with Crippen molar-refractivity contribution in [1.82, 2.24) is 19.8 Å². The minimum absolute atomic E-state index is 0.128. The van der Waals surface area contributed by atoms with E-state index in [0.717, 1.165) is 22.0 Å². The number of rotatable bonds is 5. The molecule has 160 valence electrons. The second-order valence-corrected chi connectivity index (χ2v) is 10.0. The Bertz CT molecular complexity index is 1550. The summed E-state index contributed by atoms with van der Waals surface area (Å²) in [5, 5.41) is 12.1. The van der Waals surface area contributed by atoms with Crippen LogP contribution in [0.1, 0.15) is 12.5 Å². The number of aromatic nitrogens is 4. The summed E-state index contributed by atoms with van der Waals surface area (Å²) in [5.74, 6) is 0.534. The van der Waals surface area contributed by atoms with Crippen molar-refractivity contribution in [3.63, 3.8) is 0 Å². The molecule has 5 aromatic rings.